The largest absolute Gasteiger partial charge is 0.340 e. The molecule has 2 fully saturated rings. The van der Waals surface area contributed by atoms with Crippen LogP contribution in [0.25, 0.3) is 0 Å². The topological polar surface area (TPSA) is 75.0 Å². The Bertz CT molecular complexity index is 450. The highest BCUT2D eigenvalue weighted by Crippen LogP contribution is 2.39. The second-order valence-electron chi connectivity index (χ2n) is 6.16. The van der Waals surface area contributed by atoms with Crippen molar-refractivity contribution < 1.29 is 4.79 Å². The third-order valence-corrected chi connectivity index (χ3v) is 4.56. The summed E-state index contributed by atoms with van der Waals surface area (Å²) in [5.74, 6) is 0.877. The minimum absolute atomic E-state index is 0.124. The zero-order valence-corrected chi connectivity index (χ0v) is 11.4. The van der Waals surface area contributed by atoms with Gasteiger partial charge in [-0.25, -0.2) is 0 Å². The molecule has 3 rings (SSSR count). The molecule has 1 aromatic rings. The fraction of sp³-hybridized carbons (Fsp3) is 0.714. The van der Waals surface area contributed by atoms with E-state index in [0.717, 1.165) is 44.5 Å². The number of aromatic nitrogens is 2. The fourth-order valence-corrected chi connectivity index (χ4v) is 3.11. The summed E-state index contributed by atoms with van der Waals surface area (Å²) in [6.07, 6.45) is 6.10. The molecular formula is C14H22N4O. The lowest BCUT2D eigenvalue weighted by atomic mass is 9.90. The predicted molar refractivity (Wildman–Crippen MR) is 72.5 cm³/mol. The van der Waals surface area contributed by atoms with Gasteiger partial charge in [0.2, 0.25) is 5.91 Å². The summed E-state index contributed by atoms with van der Waals surface area (Å²) in [5.41, 5.74) is 6.71. The molecule has 1 saturated carbocycles. The first-order valence-electron chi connectivity index (χ1n) is 7.16. The monoisotopic (exact) mass is 262 g/mol. The SMILES string of the molecule is CC(N)(C(=O)N1CCCC(c2ccn[nH]2)C1)C1CC1. The molecule has 3 N–H and O–H groups in total. The maximum Gasteiger partial charge on any atom is 0.242 e. The molecule has 5 nitrogen and oxygen atoms in total. The summed E-state index contributed by atoms with van der Waals surface area (Å²) in [6.45, 7) is 3.50. The van der Waals surface area contributed by atoms with E-state index >= 15 is 0 Å². The number of H-pyrrole nitrogens is 1. The lowest BCUT2D eigenvalue weighted by Crippen LogP contribution is -2.56. The van der Waals surface area contributed by atoms with Crippen LogP contribution >= 0.6 is 0 Å². The Morgan fingerprint density at radius 2 is 2.32 bits per heavy atom. The average Bonchev–Trinajstić information content (AvgIpc) is 3.15. The highest BCUT2D eigenvalue weighted by molar-refractivity contribution is 5.86. The van der Waals surface area contributed by atoms with Gasteiger partial charge in [0.1, 0.15) is 0 Å². The Hall–Kier alpha value is -1.36. The Balaban J connectivity index is 1.69. The maximum absolute atomic E-state index is 12.6. The number of hydrogen-bond acceptors (Lipinski definition) is 3. The van der Waals surface area contributed by atoms with Crippen molar-refractivity contribution in [1.82, 2.24) is 15.1 Å². The number of nitrogens with zero attached hydrogens (tertiary/aromatic N) is 2. The van der Waals surface area contributed by atoms with Gasteiger partial charge in [0.05, 0.1) is 5.54 Å². The molecule has 1 aliphatic carbocycles. The predicted octanol–water partition coefficient (Wildman–Crippen LogP) is 1.24. The van der Waals surface area contributed by atoms with Gasteiger partial charge in [-0.2, -0.15) is 5.10 Å². The van der Waals surface area contributed by atoms with Crippen LogP contribution in [0.5, 0.6) is 0 Å². The minimum atomic E-state index is -0.671. The van der Waals surface area contributed by atoms with E-state index in [1.54, 1.807) is 6.20 Å². The van der Waals surface area contributed by atoms with Crippen LogP contribution in [0.15, 0.2) is 12.3 Å². The molecule has 104 valence electrons. The normalized spacial score (nSPS) is 27.1. The fourth-order valence-electron chi connectivity index (χ4n) is 3.11. The summed E-state index contributed by atoms with van der Waals surface area (Å²) in [5, 5.41) is 7.02. The highest BCUT2D eigenvalue weighted by atomic mass is 16.2. The van der Waals surface area contributed by atoms with Crippen LogP contribution < -0.4 is 5.73 Å². The van der Waals surface area contributed by atoms with Gasteiger partial charge in [-0.3, -0.25) is 9.89 Å². The van der Waals surface area contributed by atoms with Crippen LogP contribution in [-0.4, -0.2) is 39.6 Å². The molecule has 0 bridgehead atoms. The number of aromatic amines is 1. The van der Waals surface area contributed by atoms with Crippen LogP contribution in [0.2, 0.25) is 0 Å². The molecule has 1 aliphatic heterocycles. The summed E-state index contributed by atoms with van der Waals surface area (Å²) >= 11 is 0. The zero-order valence-electron chi connectivity index (χ0n) is 11.4. The highest BCUT2D eigenvalue weighted by Gasteiger charge is 2.46. The van der Waals surface area contributed by atoms with Crippen molar-refractivity contribution >= 4 is 5.91 Å². The van der Waals surface area contributed by atoms with Gasteiger partial charge in [0.25, 0.3) is 0 Å². The molecule has 1 amide bonds. The van der Waals surface area contributed by atoms with Crippen molar-refractivity contribution in [2.45, 2.75) is 44.1 Å². The molecule has 2 atom stereocenters. The average molecular weight is 262 g/mol. The number of rotatable bonds is 3. The van der Waals surface area contributed by atoms with E-state index in [0.29, 0.717) is 11.8 Å². The summed E-state index contributed by atoms with van der Waals surface area (Å²) in [6, 6.07) is 2.00. The number of carbonyl (C=O) groups is 1. The van der Waals surface area contributed by atoms with E-state index < -0.39 is 5.54 Å². The van der Waals surface area contributed by atoms with E-state index in [-0.39, 0.29) is 5.91 Å². The number of carbonyl (C=O) groups excluding carboxylic acids is 1. The minimum Gasteiger partial charge on any atom is -0.340 e. The molecule has 2 heterocycles. The maximum atomic E-state index is 12.6. The van der Waals surface area contributed by atoms with E-state index in [4.69, 9.17) is 5.73 Å². The van der Waals surface area contributed by atoms with Gasteiger partial charge in [-0.1, -0.05) is 0 Å². The number of amides is 1. The molecule has 1 aromatic heterocycles. The van der Waals surface area contributed by atoms with Gasteiger partial charge in [-0.15, -0.1) is 0 Å². The van der Waals surface area contributed by atoms with E-state index in [1.807, 2.05) is 17.9 Å². The van der Waals surface area contributed by atoms with Gasteiger partial charge in [-0.05, 0) is 44.6 Å². The van der Waals surface area contributed by atoms with E-state index in [1.165, 1.54) is 0 Å². The summed E-state index contributed by atoms with van der Waals surface area (Å²) in [4.78, 5) is 14.5. The molecule has 2 unspecified atom stereocenters. The quantitative estimate of drug-likeness (QED) is 0.860. The summed E-state index contributed by atoms with van der Waals surface area (Å²) in [7, 11) is 0. The summed E-state index contributed by atoms with van der Waals surface area (Å²) < 4.78 is 0. The molecule has 0 spiro atoms. The molecule has 5 heteroatoms. The van der Waals surface area contributed by atoms with Gasteiger partial charge in [0.15, 0.2) is 0 Å². The van der Waals surface area contributed by atoms with Gasteiger partial charge < -0.3 is 10.6 Å². The van der Waals surface area contributed by atoms with Crippen LogP contribution in [0.1, 0.15) is 44.2 Å². The number of nitrogens with two attached hydrogens (primary N) is 1. The Morgan fingerprint density at radius 3 is 2.95 bits per heavy atom. The Morgan fingerprint density at radius 1 is 1.53 bits per heavy atom. The number of piperidine rings is 1. The molecule has 2 aliphatic rings. The smallest absolute Gasteiger partial charge is 0.242 e. The number of hydrogen-bond donors (Lipinski definition) is 2. The van der Waals surface area contributed by atoms with Crippen LogP contribution in [-0.2, 0) is 4.79 Å². The number of likely N-dealkylation sites (tertiary alicyclic amines) is 1. The molecule has 1 saturated heterocycles. The molecule has 0 aromatic carbocycles. The van der Waals surface area contributed by atoms with E-state index in [2.05, 4.69) is 10.2 Å². The van der Waals surface area contributed by atoms with Crippen molar-refractivity contribution in [1.29, 1.82) is 0 Å². The van der Waals surface area contributed by atoms with Crippen LogP contribution in [0, 0.1) is 5.92 Å². The lowest BCUT2D eigenvalue weighted by Gasteiger charge is -2.37. The molecular weight excluding hydrogens is 240 g/mol. The zero-order chi connectivity index (χ0) is 13.5. The van der Waals surface area contributed by atoms with Crippen molar-refractivity contribution in [2.75, 3.05) is 13.1 Å². The Labute approximate surface area is 113 Å². The third kappa shape index (κ3) is 2.39. The lowest BCUT2D eigenvalue weighted by molar-refractivity contribution is -0.138. The van der Waals surface area contributed by atoms with Crippen molar-refractivity contribution in [3.05, 3.63) is 18.0 Å². The second kappa shape index (κ2) is 4.63. The van der Waals surface area contributed by atoms with E-state index in [9.17, 15) is 4.79 Å². The first kappa shape index (κ1) is 12.7. The van der Waals surface area contributed by atoms with Crippen LogP contribution in [0.4, 0.5) is 0 Å². The molecule has 19 heavy (non-hydrogen) atoms. The van der Waals surface area contributed by atoms with Gasteiger partial charge >= 0.3 is 0 Å². The Kier molecular flexibility index (Phi) is 3.09. The van der Waals surface area contributed by atoms with Crippen molar-refractivity contribution in [3.8, 4) is 0 Å². The van der Waals surface area contributed by atoms with Crippen molar-refractivity contribution in [2.24, 2.45) is 11.7 Å². The van der Waals surface area contributed by atoms with Crippen molar-refractivity contribution in [3.63, 3.8) is 0 Å². The molecule has 0 radical (unpaired) electrons. The standard InChI is InChI=1S/C14H22N4O/c1-14(15,11-4-5-11)13(19)18-8-2-3-10(9-18)12-6-7-16-17-12/h6-7,10-11H,2-5,8-9,15H2,1H3,(H,16,17). The second-order valence-corrected chi connectivity index (χ2v) is 6.16. The number of nitrogens with one attached hydrogen (secondary N) is 1. The first-order valence-corrected chi connectivity index (χ1v) is 7.16. The first-order chi connectivity index (χ1) is 9.09. The van der Waals surface area contributed by atoms with Crippen LogP contribution in [0.3, 0.4) is 0 Å². The third-order valence-electron chi connectivity index (χ3n) is 4.56. The van der Waals surface area contributed by atoms with Gasteiger partial charge in [0, 0.05) is 30.9 Å².